The summed E-state index contributed by atoms with van der Waals surface area (Å²) in [5, 5.41) is 3.26. The molecular weight excluding hydrogens is 503 g/mol. The quantitative estimate of drug-likeness (QED) is 0.365. The summed E-state index contributed by atoms with van der Waals surface area (Å²) >= 11 is 12.3. The highest BCUT2D eigenvalue weighted by Crippen LogP contribution is 2.28. The Morgan fingerprint density at radius 3 is 2.29 bits per heavy atom. The summed E-state index contributed by atoms with van der Waals surface area (Å²) in [6.45, 7) is 7.74. The van der Waals surface area contributed by atoms with Crippen molar-refractivity contribution in [1.82, 2.24) is 9.62 Å². The van der Waals surface area contributed by atoms with Crippen molar-refractivity contribution in [1.29, 1.82) is 0 Å². The number of benzene rings is 3. The monoisotopic (exact) mass is 532 g/mol. The number of hydrogen-bond donors (Lipinski definition) is 1. The van der Waals surface area contributed by atoms with Gasteiger partial charge in [-0.25, -0.2) is 8.42 Å². The van der Waals surface area contributed by atoms with Crippen molar-refractivity contribution in [3.63, 3.8) is 0 Å². The maximum absolute atomic E-state index is 13.6. The predicted molar refractivity (Wildman–Crippen MR) is 143 cm³/mol. The van der Waals surface area contributed by atoms with Crippen LogP contribution in [0.25, 0.3) is 0 Å². The summed E-state index contributed by atoms with van der Waals surface area (Å²) in [7, 11) is -4.08. The van der Waals surface area contributed by atoms with Crippen LogP contribution >= 0.6 is 23.2 Å². The van der Waals surface area contributed by atoms with Crippen LogP contribution in [0.5, 0.6) is 0 Å². The van der Waals surface area contributed by atoms with Crippen molar-refractivity contribution < 1.29 is 13.2 Å². The fourth-order valence-corrected chi connectivity index (χ4v) is 6.11. The number of amides is 1. The molecule has 0 aliphatic heterocycles. The Bertz CT molecular complexity index is 1310. The Labute approximate surface area is 218 Å². The van der Waals surface area contributed by atoms with Crippen molar-refractivity contribution in [3.05, 3.63) is 98.5 Å². The third-order valence-corrected chi connectivity index (χ3v) is 8.61. The van der Waals surface area contributed by atoms with Crippen LogP contribution in [0.15, 0.2) is 65.6 Å². The van der Waals surface area contributed by atoms with Crippen molar-refractivity contribution in [2.75, 3.05) is 13.1 Å². The van der Waals surface area contributed by atoms with Crippen molar-refractivity contribution in [2.24, 2.45) is 0 Å². The second-order valence-electron chi connectivity index (χ2n) is 8.73. The van der Waals surface area contributed by atoms with Crippen LogP contribution in [0.3, 0.4) is 0 Å². The molecule has 186 valence electrons. The molecule has 0 spiro atoms. The Kier molecular flexibility index (Phi) is 9.00. The summed E-state index contributed by atoms with van der Waals surface area (Å²) in [5.41, 5.74) is 5.35. The summed E-state index contributed by atoms with van der Waals surface area (Å²) in [6.07, 6.45) is 0.442. The maximum Gasteiger partial charge on any atom is 0.245 e. The van der Waals surface area contributed by atoms with Gasteiger partial charge in [-0.3, -0.25) is 4.79 Å². The molecule has 1 N–H and O–H groups in total. The van der Waals surface area contributed by atoms with E-state index < -0.39 is 15.9 Å². The summed E-state index contributed by atoms with van der Waals surface area (Å²) in [6, 6.07) is 17.7. The van der Waals surface area contributed by atoms with Crippen LogP contribution in [0.4, 0.5) is 0 Å². The van der Waals surface area contributed by atoms with E-state index in [-0.39, 0.29) is 34.1 Å². The number of halogens is 2. The molecule has 0 heterocycles. The van der Waals surface area contributed by atoms with E-state index in [2.05, 4.69) is 17.4 Å². The highest BCUT2D eigenvalue weighted by molar-refractivity contribution is 7.89. The third kappa shape index (κ3) is 6.85. The lowest BCUT2D eigenvalue weighted by atomic mass is 9.96. The predicted octanol–water partition coefficient (Wildman–Crippen LogP) is 6.03. The summed E-state index contributed by atoms with van der Waals surface area (Å²) < 4.78 is 28.3. The minimum atomic E-state index is -4.08. The topological polar surface area (TPSA) is 66.5 Å². The van der Waals surface area contributed by atoms with Crippen LogP contribution in [-0.2, 0) is 21.2 Å². The lowest BCUT2D eigenvalue weighted by Gasteiger charge is -2.24. The molecule has 8 heteroatoms. The average Bonchev–Trinajstić information content (AvgIpc) is 2.81. The zero-order chi connectivity index (χ0) is 25.8. The van der Waals surface area contributed by atoms with Crippen LogP contribution < -0.4 is 5.32 Å². The Balaban J connectivity index is 1.85. The van der Waals surface area contributed by atoms with Gasteiger partial charge in [0.2, 0.25) is 15.9 Å². The molecule has 0 bridgehead atoms. The summed E-state index contributed by atoms with van der Waals surface area (Å²) in [4.78, 5) is 12.9. The minimum Gasteiger partial charge on any atom is -0.348 e. The fourth-order valence-electron chi connectivity index (χ4n) is 3.97. The van der Waals surface area contributed by atoms with E-state index in [1.165, 1.54) is 23.8 Å². The molecule has 35 heavy (non-hydrogen) atoms. The lowest BCUT2D eigenvalue weighted by Crippen LogP contribution is -2.42. The van der Waals surface area contributed by atoms with Gasteiger partial charge in [-0.05, 0) is 80.1 Å². The first-order valence-electron chi connectivity index (χ1n) is 11.3. The largest absolute Gasteiger partial charge is 0.348 e. The van der Waals surface area contributed by atoms with Gasteiger partial charge < -0.3 is 5.32 Å². The minimum absolute atomic E-state index is 0.0543. The lowest BCUT2D eigenvalue weighted by molar-refractivity contribution is -0.121. The van der Waals surface area contributed by atoms with Gasteiger partial charge in [-0.2, -0.15) is 4.31 Å². The zero-order valence-electron chi connectivity index (χ0n) is 20.3. The molecule has 1 atom stereocenters. The molecule has 0 radical (unpaired) electrons. The van der Waals surface area contributed by atoms with Crippen molar-refractivity contribution in [2.45, 2.75) is 45.1 Å². The summed E-state index contributed by atoms with van der Waals surface area (Å²) in [5.74, 6) is -0.398. The molecule has 0 aliphatic rings. The molecule has 0 unspecified atom stereocenters. The molecule has 3 aromatic carbocycles. The molecule has 0 saturated heterocycles. The fraction of sp³-hybridized carbons (Fsp3) is 0.296. The Morgan fingerprint density at radius 1 is 0.943 bits per heavy atom. The highest BCUT2D eigenvalue weighted by atomic mass is 35.5. The molecule has 3 aromatic rings. The van der Waals surface area contributed by atoms with Crippen LogP contribution in [0, 0.1) is 20.8 Å². The van der Waals surface area contributed by atoms with E-state index in [4.69, 9.17) is 23.2 Å². The molecule has 0 aromatic heterocycles. The first-order chi connectivity index (χ1) is 16.5. The average molecular weight is 534 g/mol. The number of nitrogens with one attached hydrogen (secondary N) is 1. The second kappa shape index (κ2) is 11.6. The molecule has 3 rings (SSSR count). The van der Waals surface area contributed by atoms with Crippen LogP contribution in [0.1, 0.15) is 40.8 Å². The molecular formula is C27H30Cl2N2O3S. The molecule has 0 fully saturated rings. The molecule has 0 aliphatic carbocycles. The molecule has 1 amide bonds. The maximum atomic E-state index is 13.6. The highest BCUT2D eigenvalue weighted by Gasteiger charge is 2.29. The number of aryl methyl sites for hydroxylation is 3. The third-order valence-electron chi connectivity index (χ3n) is 6.05. The van der Waals surface area contributed by atoms with Gasteiger partial charge in [0.25, 0.3) is 0 Å². The first-order valence-corrected chi connectivity index (χ1v) is 13.5. The Morgan fingerprint density at radius 2 is 1.60 bits per heavy atom. The van der Waals surface area contributed by atoms with Gasteiger partial charge in [0.05, 0.1) is 17.6 Å². The Hall–Kier alpha value is -2.38. The number of carbonyl (C=O) groups is 1. The van der Waals surface area contributed by atoms with Crippen molar-refractivity contribution >= 4 is 39.1 Å². The number of hydrogen-bond acceptors (Lipinski definition) is 3. The van der Waals surface area contributed by atoms with Crippen molar-refractivity contribution in [3.8, 4) is 0 Å². The van der Waals surface area contributed by atoms with E-state index >= 15 is 0 Å². The van der Waals surface area contributed by atoms with Gasteiger partial charge in [0.1, 0.15) is 4.90 Å². The SMILES string of the molecule is Cc1cc(C)c([C@H](C)NC(=O)CN(CCc2ccccc2)S(=O)(=O)c2cc(Cl)ccc2Cl)cc1C. The second-order valence-corrected chi connectivity index (χ2v) is 11.5. The van der Waals surface area contributed by atoms with Gasteiger partial charge in [0.15, 0.2) is 0 Å². The standard InChI is InChI=1S/C27H30Cl2N2O3S/c1-18-14-20(3)24(15-19(18)2)21(4)30-27(32)17-31(13-12-22-8-6-5-7-9-22)35(33,34)26-16-23(28)10-11-25(26)29/h5-11,14-16,21H,12-13,17H2,1-4H3,(H,30,32)/t21-/m0/s1. The van der Waals surface area contributed by atoms with Gasteiger partial charge >= 0.3 is 0 Å². The number of rotatable bonds is 9. The number of carbonyl (C=O) groups excluding carboxylic acids is 1. The normalized spacial score (nSPS) is 12.5. The zero-order valence-corrected chi connectivity index (χ0v) is 22.6. The van der Waals surface area contributed by atoms with E-state index in [0.29, 0.717) is 6.42 Å². The van der Waals surface area contributed by atoms with E-state index in [0.717, 1.165) is 26.6 Å². The van der Waals surface area contributed by atoms with E-state index in [1.54, 1.807) is 0 Å². The molecule has 5 nitrogen and oxygen atoms in total. The van der Waals surface area contributed by atoms with Gasteiger partial charge in [0, 0.05) is 11.6 Å². The number of sulfonamides is 1. The van der Waals surface area contributed by atoms with E-state index in [9.17, 15) is 13.2 Å². The van der Waals surface area contributed by atoms with Crippen LogP contribution in [-0.4, -0.2) is 31.7 Å². The van der Waals surface area contributed by atoms with Crippen LogP contribution in [0.2, 0.25) is 10.0 Å². The van der Waals surface area contributed by atoms with Gasteiger partial charge in [-0.1, -0.05) is 65.7 Å². The molecule has 0 saturated carbocycles. The van der Waals surface area contributed by atoms with Gasteiger partial charge in [-0.15, -0.1) is 0 Å². The first kappa shape index (κ1) is 27.2. The number of nitrogens with zero attached hydrogens (tertiary/aromatic N) is 1. The smallest absolute Gasteiger partial charge is 0.245 e. The van der Waals surface area contributed by atoms with E-state index in [1.807, 2.05) is 58.0 Å².